The molecule has 6 nitrogen and oxygen atoms in total. The van der Waals surface area contributed by atoms with Gasteiger partial charge in [0.05, 0.1) is 17.1 Å². The van der Waals surface area contributed by atoms with Crippen LogP contribution in [0, 0.1) is 12.8 Å². The molecule has 2 atom stereocenters. The molecule has 0 saturated carbocycles. The number of benzene rings is 2. The second kappa shape index (κ2) is 9.62. The Labute approximate surface area is 191 Å². The SMILES string of the molecule is Cc1ccc(OCC2CCN(C(=O)c3cc(S(C)(=O)=O)ccc3O[C@@H](C)C(F)(F)F)C2)cc1. The lowest BCUT2D eigenvalue weighted by Gasteiger charge is -2.22. The molecule has 0 radical (unpaired) electrons. The molecule has 1 saturated heterocycles. The van der Waals surface area contributed by atoms with E-state index in [0.29, 0.717) is 31.9 Å². The lowest BCUT2D eigenvalue weighted by Crippen LogP contribution is -2.33. The first-order chi connectivity index (χ1) is 15.3. The summed E-state index contributed by atoms with van der Waals surface area (Å²) in [5, 5.41) is 0. The van der Waals surface area contributed by atoms with E-state index in [1.807, 2.05) is 31.2 Å². The van der Waals surface area contributed by atoms with Crippen LogP contribution in [0.1, 0.15) is 29.3 Å². The second-order valence-corrected chi connectivity index (χ2v) is 10.3. The van der Waals surface area contributed by atoms with E-state index in [9.17, 15) is 26.4 Å². The fourth-order valence-corrected chi connectivity index (χ4v) is 4.09. The number of carbonyl (C=O) groups is 1. The van der Waals surface area contributed by atoms with Gasteiger partial charge in [0.1, 0.15) is 11.5 Å². The third kappa shape index (κ3) is 6.40. The largest absolute Gasteiger partial charge is 0.493 e. The highest BCUT2D eigenvalue weighted by atomic mass is 32.2. The van der Waals surface area contributed by atoms with Gasteiger partial charge in [0.2, 0.25) is 0 Å². The van der Waals surface area contributed by atoms with Crippen LogP contribution >= 0.6 is 0 Å². The van der Waals surface area contributed by atoms with E-state index in [-0.39, 0.29) is 22.1 Å². The first-order valence-corrected chi connectivity index (χ1v) is 12.3. The molecular formula is C23H26F3NO5S. The Bertz CT molecular complexity index is 1100. The van der Waals surface area contributed by atoms with Crippen LogP contribution in [0.5, 0.6) is 11.5 Å². The molecule has 2 aromatic carbocycles. The number of amides is 1. The molecule has 3 rings (SSSR count). The van der Waals surface area contributed by atoms with E-state index in [4.69, 9.17) is 9.47 Å². The standard InChI is InChI=1S/C23H26F3NO5S/c1-15-4-6-18(7-5-15)31-14-17-10-11-27(13-17)22(28)20-12-19(33(3,29)30)8-9-21(20)32-16(2)23(24,25)26/h4-9,12,16-17H,10-11,13-14H2,1-3H3/t16-,17?/m0/s1. The summed E-state index contributed by atoms with van der Waals surface area (Å²) < 4.78 is 73.7. The second-order valence-electron chi connectivity index (χ2n) is 8.26. The third-order valence-electron chi connectivity index (χ3n) is 5.45. The molecule has 1 heterocycles. The van der Waals surface area contributed by atoms with E-state index in [0.717, 1.165) is 36.9 Å². The number of alkyl halides is 3. The van der Waals surface area contributed by atoms with Crippen molar-refractivity contribution in [1.29, 1.82) is 0 Å². The average Bonchev–Trinajstić information content (AvgIpc) is 3.20. The highest BCUT2D eigenvalue weighted by Gasteiger charge is 2.39. The Kier molecular flexibility index (Phi) is 7.26. The fraction of sp³-hybridized carbons (Fsp3) is 0.435. The molecule has 10 heteroatoms. The van der Waals surface area contributed by atoms with E-state index in [1.54, 1.807) is 0 Å². The number of ether oxygens (including phenoxy) is 2. The van der Waals surface area contributed by atoms with Crippen LogP contribution in [0.25, 0.3) is 0 Å². The zero-order valence-electron chi connectivity index (χ0n) is 18.6. The van der Waals surface area contributed by atoms with Crippen LogP contribution in [-0.2, 0) is 9.84 Å². The molecule has 1 aliphatic heterocycles. The maximum atomic E-state index is 13.2. The number of halogens is 3. The van der Waals surface area contributed by atoms with Gasteiger partial charge in [0.25, 0.3) is 5.91 Å². The third-order valence-corrected chi connectivity index (χ3v) is 6.56. The van der Waals surface area contributed by atoms with Crippen molar-refractivity contribution in [3.05, 3.63) is 53.6 Å². The smallest absolute Gasteiger partial charge is 0.425 e. The number of nitrogens with zero attached hydrogens (tertiary/aromatic N) is 1. The molecule has 0 N–H and O–H groups in total. The van der Waals surface area contributed by atoms with Gasteiger partial charge in [-0.25, -0.2) is 8.42 Å². The zero-order valence-corrected chi connectivity index (χ0v) is 19.4. The molecule has 1 unspecified atom stereocenters. The Morgan fingerprint density at radius 1 is 1.18 bits per heavy atom. The summed E-state index contributed by atoms with van der Waals surface area (Å²) in [6.45, 7) is 3.88. The molecule has 33 heavy (non-hydrogen) atoms. The lowest BCUT2D eigenvalue weighted by atomic mass is 10.1. The van der Waals surface area contributed by atoms with Crippen LogP contribution in [0.4, 0.5) is 13.2 Å². The number of sulfone groups is 1. The minimum atomic E-state index is -4.64. The van der Waals surface area contributed by atoms with Crippen molar-refractivity contribution in [2.75, 3.05) is 26.0 Å². The summed E-state index contributed by atoms with van der Waals surface area (Å²) in [5.41, 5.74) is 0.892. The number of hydrogen-bond donors (Lipinski definition) is 0. The highest BCUT2D eigenvalue weighted by Crippen LogP contribution is 2.31. The Balaban J connectivity index is 1.76. The first-order valence-electron chi connectivity index (χ1n) is 10.4. The van der Waals surface area contributed by atoms with Crippen molar-refractivity contribution in [1.82, 2.24) is 4.90 Å². The Hall–Kier alpha value is -2.75. The van der Waals surface area contributed by atoms with Gasteiger partial charge in [0.15, 0.2) is 15.9 Å². The predicted octanol–water partition coefficient (Wildman–Crippen LogP) is 4.27. The average molecular weight is 486 g/mol. The van der Waals surface area contributed by atoms with Crippen molar-refractivity contribution in [2.24, 2.45) is 5.92 Å². The van der Waals surface area contributed by atoms with Gasteiger partial charge < -0.3 is 14.4 Å². The summed E-state index contributed by atoms with van der Waals surface area (Å²) in [4.78, 5) is 14.5. The molecule has 1 aliphatic rings. The summed E-state index contributed by atoms with van der Waals surface area (Å²) in [6, 6.07) is 10.9. The molecule has 0 aromatic heterocycles. The number of likely N-dealkylation sites (tertiary alicyclic amines) is 1. The normalized spacial score (nSPS) is 17.6. The molecule has 1 fully saturated rings. The number of aryl methyl sites for hydroxylation is 1. The minimum Gasteiger partial charge on any atom is -0.493 e. The first kappa shape index (κ1) is 24.9. The van der Waals surface area contributed by atoms with Crippen molar-refractivity contribution in [2.45, 2.75) is 37.4 Å². The van der Waals surface area contributed by atoms with Gasteiger partial charge in [-0.15, -0.1) is 0 Å². The van der Waals surface area contributed by atoms with Gasteiger partial charge >= 0.3 is 6.18 Å². The Morgan fingerprint density at radius 3 is 2.45 bits per heavy atom. The van der Waals surface area contributed by atoms with Crippen molar-refractivity contribution >= 4 is 15.7 Å². The van der Waals surface area contributed by atoms with Gasteiger partial charge in [0, 0.05) is 25.3 Å². The number of hydrogen-bond acceptors (Lipinski definition) is 5. The topological polar surface area (TPSA) is 72.9 Å². The van der Waals surface area contributed by atoms with E-state index in [2.05, 4.69) is 0 Å². The van der Waals surface area contributed by atoms with E-state index >= 15 is 0 Å². The van der Waals surface area contributed by atoms with E-state index < -0.39 is 28.0 Å². The molecule has 180 valence electrons. The number of rotatable bonds is 7. The van der Waals surface area contributed by atoms with Crippen LogP contribution in [0.2, 0.25) is 0 Å². The summed E-state index contributed by atoms with van der Waals surface area (Å²) >= 11 is 0. The van der Waals surface area contributed by atoms with E-state index in [1.165, 1.54) is 4.90 Å². The molecule has 1 amide bonds. The number of carbonyl (C=O) groups excluding carboxylic acids is 1. The summed E-state index contributed by atoms with van der Waals surface area (Å²) in [6.07, 6.45) is -5.19. The van der Waals surface area contributed by atoms with Crippen molar-refractivity contribution < 1.29 is 35.9 Å². The summed E-state index contributed by atoms with van der Waals surface area (Å²) in [7, 11) is -3.68. The van der Waals surface area contributed by atoms with Crippen molar-refractivity contribution in [3.63, 3.8) is 0 Å². The van der Waals surface area contributed by atoms with Crippen LogP contribution < -0.4 is 9.47 Å². The monoisotopic (exact) mass is 485 g/mol. The quantitative estimate of drug-likeness (QED) is 0.586. The Morgan fingerprint density at radius 2 is 1.85 bits per heavy atom. The fourth-order valence-electron chi connectivity index (χ4n) is 3.44. The zero-order chi connectivity index (χ0) is 24.4. The molecule has 2 aromatic rings. The van der Waals surface area contributed by atoms with Crippen molar-refractivity contribution in [3.8, 4) is 11.5 Å². The molecule has 0 spiro atoms. The van der Waals surface area contributed by atoms with Crippen LogP contribution in [-0.4, -0.2) is 57.5 Å². The molecule has 0 bridgehead atoms. The maximum Gasteiger partial charge on any atom is 0.425 e. The minimum absolute atomic E-state index is 0.0341. The lowest BCUT2D eigenvalue weighted by molar-refractivity contribution is -0.189. The van der Waals surface area contributed by atoms with Gasteiger partial charge in [-0.1, -0.05) is 17.7 Å². The van der Waals surface area contributed by atoms with Crippen LogP contribution in [0.3, 0.4) is 0 Å². The molecule has 0 aliphatic carbocycles. The predicted molar refractivity (Wildman–Crippen MR) is 116 cm³/mol. The van der Waals surface area contributed by atoms with Gasteiger partial charge in [-0.05, 0) is 50.6 Å². The van der Waals surface area contributed by atoms with Crippen LogP contribution in [0.15, 0.2) is 47.4 Å². The van der Waals surface area contributed by atoms with Gasteiger partial charge in [-0.2, -0.15) is 13.2 Å². The molecular weight excluding hydrogens is 459 g/mol. The van der Waals surface area contributed by atoms with Gasteiger partial charge in [-0.3, -0.25) is 4.79 Å². The summed E-state index contributed by atoms with van der Waals surface area (Å²) in [5.74, 6) is -0.144. The highest BCUT2D eigenvalue weighted by molar-refractivity contribution is 7.90. The maximum absolute atomic E-state index is 13.2.